The third kappa shape index (κ3) is 2.35. The Balaban J connectivity index is 2.50. The molecule has 0 saturated heterocycles. The lowest BCUT2D eigenvalue weighted by atomic mass is 9.81. The molecule has 0 spiro atoms. The summed E-state index contributed by atoms with van der Waals surface area (Å²) in [5.41, 5.74) is 1.71. The molecule has 0 bridgehead atoms. The minimum Gasteiger partial charge on any atom is -0.337 e. The second-order valence-electron chi connectivity index (χ2n) is 6.62. The zero-order valence-electron chi connectivity index (χ0n) is 11.5. The van der Waals surface area contributed by atoms with Gasteiger partial charge in [0.15, 0.2) is 4.77 Å². The van der Waals surface area contributed by atoms with Crippen molar-refractivity contribution in [1.29, 1.82) is 0 Å². The van der Waals surface area contributed by atoms with Crippen LogP contribution in [-0.4, -0.2) is 9.55 Å². The molecular formula is C14H24N2S. The van der Waals surface area contributed by atoms with E-state index in [4.69, 9.17) is 12.2 Å². The highest BCUT2D eigenvalue weighted by atomic mass is 32.1. The minimum atomic E-state index is 0.147. The van der Waals surface area contributed by atoms with Gasteiger partial charge in [0.1, 0.15) is 0 Å². The number of imidazole rings is 1. The van der Waals surface area contributed by atoms with E-state index in [-0.39, 0.29) is 11.0 Å². The van der Waals surface area contributed by atoms with Crippen molar-refractivity contribution in [3.05, 3.63) is 16.7 Å². The second kappa shape index (κ2) is 4.27. The zero-order chi connectivity index (χ0) is 12.7. The summed E-state index contributed by atoms with van der Waals surface area (Å²) in [7, 11) is 0. The number of hydrogen-bond donors (Lipinski definition) is 1. The average Bonchev–Trinajstić information content (AvgIpc) is 2.61. The molecule has 0 radical (unpaired) electrons. The van der Waals surface area contributed by atoms with Crippen molar-refractivity contribution < 1.29 is 0 Å². The summed E-state index contributed by atoms with van der Waals surface area (Å²) in [6.45, 7) is 9.14. The van der Waals surface area contributed by atoms with Gasteiger partial charge in [0.25, 0.3) is 0 Å². The molecule has 2 rings (SSSR count). The molecule has 1 aromatic rings. The topological polar surface area (TPSA) is 20.7 Å². The van der Waals surface area contributed by atoms with Gasteiger partial charge in [-0.3, -0.25) is 0 Å². The highest BCUT2D eigenvalue weighted by Gasteiger charge is 2.33. The van der Waals surface area contributed by atoms with Crippen molar-refractivity contribution in [3.63, 3.8) is 0 Å². The van der Waals surface area contributed by atoms with E-state index in [1.807, 2.05) is 0 Å². The third-order valence-electron chi connectivity index (χ3n) is 4.02. The Morgan fingerprint density at radius 3 is 2.35 bits per heavy atom. The molecule has 2 nitrogen and oxygen atoms in total. The van der Waals surface area contributed by atoms with Crippen molar-refractivity contribution in [1.82, 2.24) is 9.55 Å². The average molecular weight is 252 g/mol. The maximum Gasteiger partial charge on any atom is 0.177 e. The fourth-order valence-corrected chi connectivity index (χ4v) is 3.37. The van der Waals surface area contributed by atoms with Gasteiger partial charge in [-0.25, -0.2) is 0 Å². The van der Waals surface area contributed by atoms with Crippen LogP contribution in [0.5, 0.6) is 0 Å². The van der Waals surface area contributed by atoms with Crippen LogP contribution in [0, 0.1) is 4.77 Å². The van der Waals surface area contributed by atoms with Crippen LogP contribution in [0.2, 0.25) is 0 Å². The van der Waals surface area contributed by atoms with Gasteiger partial charge >= 0.3 is 0 Å². The molecule has 1 aliphatic rings. The highest BCUT2D eigenvalue weighted by molar-refractivity contribution is 7.71. The number of aromatic amines is 1. The van der Waals surface area contributed by atoms with E-state index in [9.17, 15) is 0 Å². The fraction of sp³-hybridized carbons (Fsp3) is 0.786. The van der Waals surface area contributed by atoms with Crippen molar-refractivity contribution in [2.75, 3.05) is 0 Å². The number of rotatable bonds is 1. The number of aromatic nitrogens is 2. The van der Waals surface area contributed by atoms with Crippen LogP contribution >= 0.6 is 12.2 Å². The van der Waals surface area contributed by atoms with Crippen molar-refractivity contribution in [3.8, 4) is 0 Å². The molecule has 0 aliphatic heterocycles. The molecule has 1 heterocycles. The van der Waals surface area contributed by atoms with E-state index in [1.165, 1.54) is 37.8 Å². The quantitative estimate of drug-likeness (QED) is 0.729. The predicted molar refractivity (Wildman–Crippen MR) is 75.0 cm³/mol. The van der Waals surface area contributed by atoms with Gasteiger partial charge in [-0.2, -0.15) is 0 Å². The van der Waals surface area contributed by atoms with Crippen molar-refractivity contribution in [2.24, 2.45) is 0 Å². The maximum absolute atomic E-state index is 5.50. The van der Waals surface area contributed by atoms with Crippen LogP contribution in [0.25, 0.3) is 0 Å². The van der Waals surface area contributed by atoms with Crippen LogP contribution in [0.1, 0.15) is 65.5 Å². The van der Waals surface area contributed by atoms with Crippen LogP contribution in [0.15, 0.2) is 6.20 Å². The molecule has 0 atom stereocenters. The lowest BCUT2D eigenvalue weighted by Crippen LogP contribution is -2.36. The van der Waals surface area contributed by atoms with Crippen LogP contribution in [0.3, 0.4) is 0 Å². The van der Waals surface area contributed by atoms with Gasteiger partial charge in [0.05, 0.1) is 0 Å². The molecule has 1 aromatic heterocycles. The zero-order valence-corrected chi connectivity index (χ0v) is 12.3. The number of nitrogens with one attached hydrogen (secondary N) is 1. The largest absolute Gasteiger partial charge is 0.337 e. The SMILES string of the molecule is CC(C)(C)c1c[nH]c(=S)n1C1(C)CCCCC1. The third-order valence-corrected chi connectivity index (χ3v) is 4.32. The number of hydrogen-bond acceptors (Lipinski definition) is 1. The Labute approximate surface area is 109 Å². The summed E-state index contributed by atoms with van der Waals surface area (Å²) in [6.07, 6.45) is 8.63. The van der Waals surface area contributed by atoms with Crippen molar-refractivity contribution in [2.45, 2.75) is 70.8 Å². The monoisotopic (exact) mass is 252 g/mol. The van der Waals surface area contributed by atoms with Crippen LogP contribution < -0.4 is 0 Å². The Bertz CT molecular complexity index is 442. The fourth-order valence-electron chi connectivity index (χ4n) is 2.99. The summed E-state index contributed by atoms with van der Waals surface area (Å²) >= 11 is 5.50. The van der Waals surface area contributed by atoms with Crippen molar-refractivity contribution >= 4 is 12.2 Å². The Morgan fingerprint density at radius 2 is 1.82 bits per heavy atom. The van der Waals surface area contributed by atoms with E-state index < -0.39 is 0 Å². The van der Waals surface area contributed by atoms with Gasteiger partial charge in [0, 0.05) is 22.8 Å². The first-order chi connectivity index (χ1) is 7.84. The molecule has 1 saturated carbocycles. The molecule has 1 aliphatic carbocycles. The lowest BCUT2D eigenvalue weighted by Gasteiger charge is -2.38. The summed E-state index contributed by atoms with van der Waals surface area (Å²) in [4.78, 5) is 3.24. The van der Waals surface area contributed by atoms with E-state index in [0.717, 1.165) is 4.77 Å². The highest BCUT2D eigenvalue weighted by Crippen LogP contribution is 2.38. The Hall–Kier alpha value is -0.570. The second-order valence-corrected chi connectivity index (χ2v) is 7.01. The van der Waals surface area contributed by atoms with Gasteiger partial charge in [-0.05, 0) is 32.0 Å². The first-order valence-electron chi connectivity index (χ1n) is 6.66. The molecule has 3 heteroatoms. The summed E-state index contributed by atoms with van der Waals surface area (Å²) in [6, 6.07) is 0. The molecular weight excluding hydrogens is 228 g/mol. The van der Waals surface area contributed by atoms with Gasteiger partial charge in [0.2, 0.25) is 0 Å². The molecule has 17 heavy (non-hydrogen) atoms. The summed E-state index contributed by atoms with van der Waals surface area (Å²) in [5, 5.41) is 0. The maximum atomic E-state index is 5.50. The number of H-pyrrole nitrogens is 1. The van der Waals surface area contributed by atoms with Gasteiger partial charge in [-0.15, -0.1) is 0 Å². The molecule has 0 unspecified atom stereocenters. The molecule has 1 fully saturated rings. The first kappa shape index (κ1) is 12.9. The molecule has 96 valence electrons. The van der Waals surface area contributed by atoms with Gasteiger partial charge in [-0.1, -0.05) is 40.0 Å². The first-order valence-corrected chi connectivity index (χ1v) is 7.07. The summed E-state index contributed by atoms with van der Waals surface area (Å²) in [5.74, 6) is 0. The Morgan fingerprint density at radius 1 is 1.24 bits per heavy atom. The molecule has 0 amide bonds. The number of nitrogens with zero attached hydrogens (tertiary/aromatic N) is 1. The Kier molecular flexibility index (Phi) is 3.23. The molecule has 0 aromatic carbocycles. The van der Waals surface area contributed by atoms with E-state index in [1.54, 1.807) is 0 Å². The van der Waals surface area contributed by atoms with E-state index in [0.29, 0.717) is 0 Å². The minimum absolute atomic E-state index is 0.147. The van der Waals surface area contributed by atoms with Gasteiger partial charge < -0.3 is 9.55 Å². The molecule has 1 N–H and O–H groups in total. The predicted octanol–water partition coefficient (Wildman–Crippen LogP) is 4.52. The normalized spacial score (nSPS) is 20.5. The van der Waals surface area contributed by atoms with E-state index in [2.05, 4.69) is 43.4 Å². The van der Waals surface area contributed by atoms with Crippen LogP contribution in [0.4, 0.5) is 0 Å². The lowest BCUT2D eigenvalue weighted by molar-refractivity contribution is 0.205. The summed E-state index contributed by atoms with van der Waals surface area (Å²) < 4.78 is 3.28. The standard InChI is InChI=1S/C14H24N2S/c1-13(2,3)11-10-15-12(17)16(11)14(4)8-6-5-7-9-14/h10H,5-9H2,1-4H3,(H,15,17). The smallest absolute Gasteiger partial charge is 0.177 e. The van der Waals surface area contributed by atoms with Crippen LogP contribution in [-0.2, 0) is 11.0 Å². The van der Waals surface area contributed by atoms with E-state index >= 15 is 0 Å².